The van der Waals surface area contributed by atoms with Crippen molar-refractivity contribution in [2.45, 2.75) is 37.8 Å². The molecule has 0 saturated heterocycles. The van der Waals surface area contributed by atoms with Gasteiger partial charge in [-0.3, -0.25) is 0 Å². The first-order valence-corrected chi connectivity index (χ1v) is 8.13. The molecule has 0 bridgehead atoms. The number of thioether (sulfide) groups is 1. The van der Waals surface area contributed by atoms with E-state index in [0.29, 0.717) is 6.04 Å². The van der Waals surface area contributed by atoms with Crippen molar-refractivity contribution in [2.75, 3.05) is 12.8 Å². The number of aliphatic imine (C=N–C) groups is 1. The zero-order chi connectivity index (χ0) is 13.7. The standard InChI is InChI=1S/C15H23N3S/c1-4-16-15(18-14-9-11(14)2)17-10-12-5-7-13(19-3)8-6-12/h5-8,11,14H,4,9-10H2,1-3H3,(H2,16,17,18). The molecule has 1 aromatic rings. The van der Waals surface area contributed by atoms with Crippen LogP contribution in [0.25, 0.3) is 0 Å². The molecule has 104 valence electrons. The predicted molar refractivity (Wildman–Crippen MR) is 83.7 cm³/mol. The molecule has 4 heteroatoms. The molecule has 0 aromatic heterocycles. The van der Waals surface area contributed by atoms with Crippen LogP contribution in [0.3, 0.4) is 0 Å². The summed E-state index contributed by atoms with van der Waals surface area (Å²) in [6, 6.07) is 9.21. The molecule has 2 atom stereocenters. The van der Waals surface area contributed by atoms with Crippen molar-refractivity contribution in [3.05, 3.63) is 29.8 Å². The van der Waals surface area contributed by atoms with E-state index in [0.717, 1.165) is 25.0 Å². The van der Waals surface area contributed by atoms with E-state index in [1.807, 2.05) is 0 Å². The number of nitrogens with zero attached hydrogens (tertiary/aromatic N) is 1. The van der Waals surface area contributed by atoms with Gasteiger partial charge < -0.3 is 10.6 Å². The normalized spacial score (nSPS) is 22.2. The summed E-state index contributed by atoms with van der Waals surface area (Å²) in [5, 5.41) is 6.77. The molecule has 1 aliphatic rings. The predicted octanol–water partition coefficient (Wildman–Crippen LogP) is 2.87. The average Bonchev–Trinajstić information content (AvgIpc) is 3.12. The van der Waals surface area contributed by atoms with Gasteiger partial charge in [-0.1, -0.05) is 19.1 Å². The Hall–Kier alpha value is -1.16. The molecule has 2 N–H and O–H groups in total. The zero-order valence-electron chi connectivity index (χ0n) is 11.9. The Labute approximate surface area is 120 Å². The first-order valence-electron chi connectivity index (χ1n) is 6.90. The van der Waals surface area contributed by atoms with Gasteiger partial charge in [0.25, 0.3) is 0 Å². The van der Waals surface area contributed by atoms with Crippen LogP contribution in [0.15, 0.2) is 34.2 Å². The maximum atomic E-state index is 4.64. The van der Waals surface area contributed by atoms with Crippen LogP contribution >= 0.6 is 11.8 Å². The largest absolute Gasteiger partial charge is 0.357 e. The van der Waals surface area contributed by atoms with E-state index in [2.05, 4.69) is 60.0 Å². The molecule has 2 rings (SSSR count). The molecule has 3 nitrogen and oxygen atoms in total. The lowest BCUT2D eigenvalue weighted by Crippen LogP contribution is -2.39. The van der Waals surface area contributed by atoms with Gasteiger partial charge in [-0.25, -0.2) is 4.99 Å². The molecule has 19 heavy (non-hydrogen) atoms. The van der Waals surface area contributed by atoms with E-state index in [-0.39, 0.29) is 0 Å². The smallest absolute Gasteiger partial charge is 0.191 e. The molecule has 0 spiro atoms. The van der Waals surface area contributed by atoms with E-state index in [9.17, 15) is 0 Å². The van der Waals surface area contributed by atoms with Gasteiger partial charge in [0.15, 0.2) is 5.96 Å². The summed E-state index contributed by atoms with van der Waals surface area (Å²) in [5.41, 5.74) is 1.25. The summed E-state index contributed by atoms with van der Waals surface area (Å²) in [4.78, 5) is 5.94. The Morgan fingerprint density at radius 3 is 2.58 bits per heavy atom. The van der Waals surface area contributed by atoms with Crippen LogP contribution in [0.5, 0.6) is 0 Å². The van der Waals surface area contributed by atoms with Crippen molar-refractivity contribution in [1.29, 1.82) is 0 Å². The summed E-state index contributed by atoms with van der Waals surface area (Å²) in [6.07, 6.45) is 3.35. The summed E-state index contributed by atoms with van der Waals surface area (Å²) in [5.74, 6) is 1.72. The van der Waals surface area contributed by atoms with E-state index >= 15 is 0 Å². The van der Waals surface area contributed by atoms with Gasteiger partial charge >= 0.3 is 0 Å². The molecule has 0 aliphatic heterocycles. The molecule has 0 heterocycles. The van der Waals surface area contributed by atoms with Crippen molar-refractivity contribution in [2.24, 2.45) is 10.9 Å². The number of guanidine groups is 1. The van der Waals surface area contributed by atoms with Crippen LogP contribution < -0.4 is 10.6 Å². The lowest BCUT2D eigenvalue weighted by molar-refractivity contribution is 0.766. The Morgan fingerprint density at radius 1 is 1.37 bits per heavy atom. The number of hydrogen-bond acceptors (Lipinski definition) is 2. The highest BCUT2D eigenvalue weighted by Crippen LogP contribution is 2.28. The number of nitrogens with one attached hydrogen (secondary N) is 2. The fourth-order valence-electron chi connectivity index (χ4n) is 1.92. The maximum absolute atomic E-state index is 4.64. The van der Waals surface area contributed by atoms with Crippen LogP contribution in [0.4, 0.5) is 0 Å². The highest BCUT2D eigenvalue weighted by molar-refractivity contribution is 7.98. The molecule has 1 aliphatic carbocycles. The Balaban J connectivity index is 1.92. The highest BCUT2D eigenvalue weighted by atomic mass is 32.2. The topological polar surface area (TPSA) is 36.4 Å². The lowest BCUT2D eigenvalue weighted by Gasteiger charge is -2.10. The minimum absolute atomic E-state index is 0.608. The first-order chi connectivity index (χ1) is 9.22. The third kappa shape index (κ3) is 4.46. The summed E-state index contributed by atoms with van der Waals surface area (Å²) >= 11 is 1.77. The molecule has 1 saturated carbocycles. The van der Waals surface area contributed by atoms with Crippen LogP contribution in [0.1, 0.15) is 25.8 Å². The van der Waals surface area contributed by atoms with Crippen molar-refractivity contribution >= 4 is 17.7 Å². The number of hydrogen-bond donors (Lipinski definition) is 2. The van der Waals surface area contributed by atoms with Crippen molar-refractivity contribution in [3.63, 3.8) is 0 Å². The molecule has 2 unspecified atom stereocenters. The second kappa shape index (κ2) is 6.85. The number of rotatable bonds is 5. The summed E-state index contributed by atoms with van der Waals surface area (Å²) in [6.45, 7) is 5.99. The Bertz CT molecular complexity index is 428. The van der Waals surface area contributed by atoms with Crippen molar-refractivity contribution in [3.8, 4) is 0 Å². The summed E-state index contributed by atoms with van der Waals surface area (Å²) < 4.78 is 0. The third-order valence-corrected chi connectivity index (χ3v) is 4.10. The molecule has 0 amide bonds. The maximum Gasteiger partial charge on any atom is 0.191 e. The lowest BCUT2D eigenvalue weighted by atomic mass is 10.2. The molecule has 1 fully saturated rings. The average molecular weight is 277 g/mol. The van der Waals surface area contributed by atoms with Gasteiger partial charge in [-0.2, -0.15) is 0 Å². The molecular weight excluding hydrogens is 254 g/mol. The zero-order valence-corrected chi connectivity index (χ0v) is 12.8. The minimum atomic E-state index is 0.608. The van der Waals surface area contributed by atoms with Crippen LogP contribution in [-0.2, 0) is 6.54 Å². The minimum Gasteiger partial charge on any atom is -0.357 e. The van der Waals surface area contributed by atoms with E-state index in [1.54, 1.807) is 11.8 Å². The molecular formula is C15H23N3S. The second-order valence-electron chi connectivity index (χ2n) is 5.01. The van der Waals surface area contributed by atoms with Crippen molar-refractivity contribution in [1.82, 2.24) is 10.6 Å². The molecule has 0 radical (unpaired) electrons. The monoisotopic (exact) mass is 277 g/mol. The molecule has 1 aromatic carbocycles. The van der Waals surface area contributed by atoms with Gasteiger partial charge in [0.1, 0.15) is 0 Å². The van der Waals surface area contributed by atoms with E-state index in [1.165, 1.54) is 16.9 Å². The van der Waals surface area contributed by atoms with Crippen LogP contribution in [0, 0.1) is 5.92 Å². The van der Waals surface area contributed by atoms with Crippen LogP contribution in [0.2, 0.25) is 0 Å². The fraction of sp³-hybridized carbons (Fsp3) is 0.533. The SMILES string of the molecule is CCNC(=NCc1ccc(SC)cc1)NC1CC1C. The Kier molecular flexibility index (Phi) is 5.14. The Morgan fingerprint density at radius 2 is 2.05 bits per heavy atom. The summed E-state index contributed by atoms with van der Waals surface area (Å²) in [7, 11) is 0. The van der Waals surface area contributed by atoms with Crippen LogP contribution in [-0.4, -0.2) is 24.8 Å². The van der Waals surface area contributed by atoms with Gasteiger partial charge in [0, 0.05) is 17.5 Å². The first kappa shape index (κ1) is 14.3. The fourth-order valence-corrected chi connectivity index (χ4v) is 2.33. The second-order valence-corrected chi connectivity index (χ2v) is 5.89. The third-order valence-electron chi connectivity index (χ3n) is 3.35. The van der Waals surface area contributed by atoms with E-state index in [4.69, 9.17) is 0 Å². The van der Waals surface area contributed by atoms with Gasteiger partial charge in [0.2, 0.25) is 0 Å². The van der Waals surface area contributed by atoms with E-state index < -0.39 is 0 Å². The van der Waals surface area contributed by atoms with Crippen molar-refractivity contribution < 1.29 is 0 Å². The van der Waals surface area contributed by atoms with Gasteiger partial charge in [0.05, 0.1) is 6.54 Å². The number of benzene rings is 1. The highest BCUT2D eigenvalue weighted by Gasteiger charge is 2.33. The van der Waals surface area contributed by atoms with Gasteiger partial charge in [-0.05, 0) is 43.2 Å². The quantitative estimate of drug-likeness (QED) is 0.493. The van der Waals surface area contributed by atoms with Gasteiger partial charge in [-0.15, -0.1) is 11.8 Å².